The van der Waals surface area contributed by atoms with Crippen LogP contribution in [0.3, 0.4) is 0 Å². The Labute approximate surface area is 163 Å². The van der Waals surface area contributed by atoms with Crippen molar-refractivity contribution >= 4 is 0 Å². The number of allylic oxidation sites excluding steroid dienone is 9. The molecule has 0 amide bonds. The van der Waals surface area contributed by atoms with Crippen LogP contribution in [-0.2, 0) is 5.41 Å². The zero-order valence-corrected chi connectivity index (χ0v) is 16.0. The van der Waals surface area contributed by atoms with E-state index in [4.69, 9.17) is 0 Å². The van der Waals surface area contributed by atoms with E-state index < -0.39 is 5.41 Å². The Bertz CT molecular complexity index is 918. The van der Waals surface area contributed by atoms with Crippen molar-refractivity contribution in [2.45, 2.75) is 18.8 Å². The fourth-order valence-corrected chi connectivity index (χ4v) is 4.17. The van der Waals surface area contributed by atoms with Gasteiger partial charge in [0.2, 0.25) is 0 Å². The Balaban J connectivity index is 2.52. The smallest absolute Gasteiger partial charge is 0.0713 e. The molecule has 0 nitrogen and oxygen atoms in total. The molecule has 0 radical (unpaired) electrons. The first-order valence-electron chi connectivity index (χ1n) is 9.40. The quantitative estimate of drug-likeness (QED) is 0.459. The molecule has 0 fully saturated rings. The van der Waals surface area contributed by atoms with Crippen molar-refractivity contribution in [2.24, 2.45) is 0 Å². The molecule has 0 aromatic heterocycles. The first-order valence-corrected chi connectivity index (χ1v) is 9.40. The van der Waals surface area contributed by atoms with Gasteiger partial charge in [0.05, 0.1) is 5.41 Å². The topological polar surface area (TPSA) is 0 Å². The van der Waals surface area contributed by atoms with Gasteiger partial charge in [-0.3, -0.25) is 0 Å². The lowest BCUT2D eigenvalue weighted by molar-refractivity contribution is 0.765. The number of benzene rings is 2. The Morgan fingerprint density at radius 1 is 0.815 bits per heavy atom. The highest BCUT2D eigenvalue weighted by atomic mass is 14.5. The third kappa shape index (κ3) is 2.88. The number of fused-ring (bicyclic) bond motifs is 3. The van der Waals surface area contributed by atoms with Crippen LogP contribution < -0.4 is 0 Å². The van der Waals surface area contributed by atoms with E-state index >= 15 is 0 Å². The second-order valence-electron chi connectivity index (χ2n) is 6.57. The minimum Gasteiger partial charge on any atom is -0.0991 e. The first kappa shape index (κ1) is 18.7. The van der Waals surface area contributed by atoms with Crippen molar-refractivity contribution in [1.29, 1.82) is 0 Å². The van der Waals surface area contributed by atoms with Crippen molar-refractivity contribution in [2.75, 3.05) is 0 Å². The highest BCUT2D eigenvalue weighted by molar-refractivity contribution is 5.87. The van der Waals surface area contributed by atoms with Crippen LogP contribution in [0.5, 0.6) is 0 Å². The van der Waals surface area contributed by atoms with Crippen molar-refractivity contribution in [3.63, 3.8) is 0 Å². The largest absolute Gasteiger partial charge is 0.0991 e. The number of hydrogen-bond acceptors (Lipinski definition) is 0. The molecule has 0 heterocycles. The first-order chi connectivity index (χ1) is 13.2. The Kier molecular flexibility index (Phi) is 5.57. The van der Waals surface area contributed by atoms with Crippen molar-refractivity contribution in [3.8, 4) is 11.1 Å². The van der Waals surface area contributed by atoms with E-state index in [9.17, 15) is 0 Å². The predicted octanol–water partition coefficient (Wildman–Crippen LogP) is 7.33. The molecule has 1 aliphatic carbocycles. The van der Waals surface area contributed by atoms with Crippen LogP contribution >= 0.6 is 0 Å². The second-order valence-corrected chi connectivity index (χ2v) is 6.57. The summed E-state index contributed by atoms with van der Waals surface area (Å²) in [5, 5.41) is 0. The van der Waals surface area contributed by atoms with Crippen LogP contribution in [0.25, 0.3) is 11.1 Å². The maximum Gasteiger partial charge on any atom is 0.0713 e. The number of rotatable bonds is 7. The standard InChI is InChI=1S/C27H26/c1-5-9-16-22(15-7-3)27(21(8-4)14-6-2)25-19-12-10-17-23(25)24-18-11-13-20-26(24)27/h6-20H,2-5H2,1H3/b16-9-,21-14+,22-15+. The third-order valence-corrected chi connectivity index (χ3v) is 5.17. The molecular formula is C27H26. The zero-order valence-electron chi connectivity index (χ0n) is 16.0. The SMILES string of the molecule is C=C/C=C(\C=C)C1(C(/C=C\CC)=C/C=C)c2ccccc2-c2ccccc21. The summed E-state index contributed by atoms with van der Waals surface area (Å²) in [6.07, 6.45) is 15.3. The van der Waals surface area contributed by atoms with E-state index in [1.807, 2.05) is 18.2 Å². The maximum atomic E-state index is 4.14. The van der Waals surface area contributed by atoms with E-state index in [2.05, 4.69) is 99.5 Å². The highest BCUT2D eigenvalue weighted by Crippen LogP contribution is 2.56. The van der Waals surface area contributed by atoms with E-state index in [0.717, 1.165) is 12.0 Å². The minimum absolute atomic E-state index is 0.428. The molecule has 2 aromatic carbocycles. The third-order valence-electron chi connectivity index (χ3n) is 5.17. The molecule has 3 rings (SSSR count). The summed E-state index contributed by atoms with van der Waals surface area (Å²) in [5.74, 6) is 0. The van der Waals surface area contributed by atoms with Gasteiger partial charge in [0.1, 0.15) is 0 Å². The molecule has 0 bridgehead atoms. The van der Waals surface area contributed by atoms with E-state index in [-0.39, 0.29) is 0 Å². The molecule has 0 heteroatoms. The fourth-order valence-electron chi connectivity index (χ4n) is 4.17. The van der Waals surface area contributed by atoms with Crippen molar-refractivity contribution < 1.29 is 0 Å². The summed E-state index contributed by atoms with van der Waals surface area (Å²) in [7, 11) is 0. The molecule has 1 aliphatic rings. The predicted molar refractivity (Wildman–Crippen MR) is 119 cm³/mol. The molecule has 27 heavy (non-hydrogen) atoms. The van der Waals surface area contributed by atoms with Crippen molar-refractivity contribution in [3.05, 3.63) is 133 Å². The lowest BCUT2D eigenvalue weighted by atomic mass is 9.66. The van der Waals surface area contributed by atoms with Gasteiger partial charge in [-0.2, -0.15) is 0 Å². The van der Waals surface area contributed by atoms with Gasteiger partial charge in [-0.25, -0.2) is 0 Å². The molecule has 0 atom stereocenters. The van der Waals surface area contributed by atoms with Gasteiger partial charge in [0.25, 0.3) is 0 Å². The van der Waals surface area contributed by atoms with Gasteiger partial charge in [-0.05, 0) is 39.8 Å². The van der Waals surface area contributed by atoms with Crippen LogP contribution in [0.1, 0.15) is 24.5 Å². The van der Waals surface area contributed by atoms with E-state index in [1.165, 1.54) is 27.8 Å². The van der Waals surface area contributed by atoms with Gasteiger partial charge in [-0.1, -0.05) is 118 Å². The summed E-state index contributed by atoms with van der Waals surface area (Å²) in [4.78, 5) is 0. The lowest BCUT2D eigenvalue weighted by Gasteiger charge is -2.35. The Morgan fingerprint density at radius 2 is 1.33 bits per heavy atom. The molecule has 0 unspecified atom stereocenters. The Morgan fingerprint density at radius 3 is 1.81 bits per heavy atom. The number of hydrogen-bond donors (Lipinski definition) is 0. The minimum atomic E-state index is -0.428. The molecule has 134 valence electrons. The summed E-state index contributed by atoms with van der Waals surface area (Å²) in [6.45, 7) is 14.2. The maximum absolute atomic E-state index is 4.14. The average Bonchev–Trinajstić information content (AvgIpc) is 3.01. The summed E-state index contributed by atoms with van der Waals surface area (Å²) < 4.78 is 0. The van der Waals surface area contributed by atoms with Gasteiger partial charge in [0, 0.05) is 0 Å². The molecule has 0 spiro atoms. The van der Waals surface area contributed by atoms with Crippen molar-refractivity contribution in [1.82, 2.24) is 0 Å². The van der Waals surface area contributed by atoms with Crippen LogP contribution in [0, 0.1) is 0 Å². The lowest BCUT2D eigenvalue weighted by Crippen LogP contribution is -2.29. The van der Waals surface area contributed by atoms with E-state index in [1.54, 1.807) is 0 Å². The molecule has 0 N–H and O–H groups in total. The fraction of sp³-hybridized carbons (Fsp3) is 0.111. The molecular weight excluding hydrogens is 324 g/mol. The van der Waals surface area contributed by atoms with Crippen LogP contribution in [0.4, 0.5) is 0 Å². The molecule has 0 saturated heterocycles. The normalized spacial score (nSPS) is 15.3. The second kappa shape index (κ2) is 8.05. The molecule has 2 aromatic rings. The summed E-state index contributed by atoms with van der Waals surface area (Å²) in [6, 6.07) is 17.3. The van der Waals surface area contributed by atoms with Gasteiger partial charge >= 0.3 is 0 Å². The summed E-state index contributed by atoms with van der Waals surface area (Å²) >= 11 is 0. The van der Waals surface area contributed by atoms with Gasteiger partial charge in [0.15, 0.2) is 0 Å². The highest BCUT2D eigenvalue weighted by Gasteiger charge is 2.46. The molecule has 0 aliphatic heterocycles. The average molecular weight is 351 g/mol. The van der Waals surface area contributed by atoms with Crippen LogP contribution in [-0.4, -0.2) is 0 Å². The van der Waals surface area contributed by atoms with E-state index in [0.29, 0.717) is 0 Å². The zero-order chi connectivity index (χ0) is 19.3. The Hall–Kier alpha value is -3.12. The monoisotopic (exact) mass is 350 g/mol. The molecule has 0 saturated carbocycles. The van der Waals surface area contributed by atoms with Crippen LogP contribution in [0.2, 0.25) is 0 Å². The van der Waals surface area contributed by atoms with Crippen LogP contribution in [0.15, 0.2) is 122 Å². The van der Waals surface area contributed by atoms with Gasteiger partial charge in [-0.15, -0.1) is 0 Å². The van der Waals surface area contributed by atoms with Gasteiger partial charge < -0.3 is 0 Å². The summed E-state index contributed by atoms with van der Waals surface area (Å²) in [5.41, 5.74) is 6.95.